The topological polar surface area (TPSA) is 60.4 Å². The summed E-state index contributed by atoms with van der Waals surface area (Å²) in [6.07, 6.45) is 4.35. The fourth-order valence-corrected chi connectivity index (χ4v) is 1.90. The van der Waals surface area contributed by atoms with Crippen LogP contribution in [0.3, 0.4) is 0 Å². The fraction of sp³-hybridized carbons (Fsp3) is 0.667. The molecule has 4 heteroatoms. The summed E-state index contributed by atoms with van der Waals surface area (Å²) in [5.41, 5.74) is 3.97. The van der Waals surface area contributed by atoms with Gasteiger partial charge < -0.3 is 9.15 Å². The average molecular weight is 226 g/mol. The number of nitrogens with one attached hydrogen (secondary N) is 1. The first-order valence-corrected chi connectivity index (χ1v) is 5.77. The Morgan fingerprint density at radius 3 is 2.69 bits per heavy atom. The van der Waals surface area contributed by atoms with E-state index < -0.39 is 0 Å². The molecule has 4 nitrogen and oxygen atoms in total. The summed E-state index contributed by atoms with van der Waals surface area (Å²) in [4.78, 5) is 0. The van der Waals surface area contributed by atoms with Crippen molar-refractivity contribution in [1.82, 2.24) is 5.43 Å². The predicted molar refractivity (Wildman–Crippen MR) is 63.8 cm³/mol. The van der Waals surface area contributed by atoms with Gasteiger partial charge in [0.25, 0.3) is 0 Å². The van der Waals surface area contributed by atoms with Gasteiger partial charge in [0.1, 0.15) is 0 Å². The maximum Gasteiger partial charge on any atom is 0.0935 e. The zero-order valence-electron chi connectivity index (χ0n) is 10.3. The van der Waals surface area contributed by atoms with Crippen LogP contribution in [0.1, 0.15) is 26.3 Å². The Balaban J connectivity index is 2.63. The molecule has 0 fully saturated rings. The van der Waals surface area contributed by atoms with Gasteiger partial charge in [0.2, 0.25) is 0 Å². The van der Waals surface area contributed by atoms with Crippen LogP contribution in [0.4, 0.5) is 0 Å². The van der Waals surface area contributed by atoms with Crippen LogP contribution < -0.4 is 11.3 Å². The van der Waals surface area contributed by atoms with E-state index in [0.29, 0.717) is 12.5 Å². The summed E-state index contributed by atoms with van der Waals surface area (Å²) < 4.78 is 10.8. The summed E-state index contributed by atoms with van der Waals surface area (Å²) in [7, 11) is 0. The molecule has 0 aliphatic carbocycles. The molecule has 0 aromatic carbocycles. The first-order valence-electron chi connectivity index (χ1n) is 5.77. The van der Waals surface area contributed by atoms with Crippen LogP contribution in [0.25, 0.3) is 0 Å². The van der Waals surface area contributed by atoms with E-state index in [1.165, 1.54) is 0 Å². The molecule has 1 rings (SSSR count). The number of hydrogen-bond acceptors (Lipinski definition) is 4. The summed E-state index contributed by atoms with van der Waals surface area (Å²) in [6.45, 7) is 6.98. The van der Waals surface area contributed by atoms with E-state index in [-0.39, 0.29) is 12.1 Å². The first-order chi connectivity index (χ1) is 7.69. The molecule has 0 saturated heterocycles. The molecule has 0 radical (unpaired) electrons. The van der Waals surface area contributed by atoms with E-state index >= 15 is 0 Å². The van der Waals surface area contributed by atoms with Crippen LogP contribution in [0.5, 0.6) is 0 Å². The van der Waals surface area contributed by atoms with Gasteiger partial charge in [0, 0.05) is 6.61 Å². The lowest BCUT2D eigenvalue weighted by Crippen LogP contribution is -2.48. The van der Waals surface area contributed by atoms with Gasteiger partial charge in [-0.05, 0) is 30.9 Å². The smallest absolute Gasteiger partial charge is 0.0935 e. The van der Waals surface area contributed by atoms with E-state index in [4.69, 9.17) is 15.0 Å². The molecule has 0 bridgehead atoms. The Bertz CT molecular complexity index is 273. The van der Waals surface area contributed by atoms with Crippen molar-refractivity contribution in [2.24, 2.45) is 11.8 Å². The molecule has 0 aliphatic heterocycles. The highest BCUT2D eigenvalue weighted by atomic mass is 16.5. The van der Waals surface area contributed by atoms with Gasteiger partial charge in [-0.1, -0.05) is 13.8 Å². The van der Waals surface area contributed by atoms with Gasteiger partial charge in [-0.2, -0.15) is 0 Å². The minimum atomic E-state index is 0.109. The third-order valence-electron chi connectivity index (χ3n) is 2.66. The van der Waals surface area contributed by atoms with Crippen molar-refractivity contribution in [3.05, 3.63) is 24.2 Å². The molecule has 2 atom stereocenters. The molecular formula is C12H22N2O2. The molecule has 92 valence electrons. The molecule has 0 spiro atoms. The SMILES string of the molecule is CCOC(C(C)C)C(Cc1ccoc1)NN. The lowest BCUT2D eigenvalue weighted by molar-refractivity contribution is 0.00353. The zero-order chi connectivity index (χ0) is 12.0. The molecule has 16 heavy (non-hydrogen) atoms. The monoisotopic (exact) mass is 226 g/mol. The number of rotatable bonds is 7. The second-order valence-corrected chi connectivity index (χ2v) is 4.27. The highest BCUT2D eigenvalue weighted by molar-refractivity contribution is 5.08. The fourth-order valence-electron chi connectivity index (χ4n) is 1.90. The third-order valence-corrected chi connectivity index (χ3v) is 2.66. The van der Waals surface area contributed by atoms with Crippen LogP contribution in [0.15, 0.2) is 23.0 Å². The summed E-state index contributed by atoms with van der Waals surface area (Å²) in [5.74, 6) is 6.02. The van der Waals surface area contributed by atoms with Crippen molar-refractivity contribution in [2.75, 3.05) is 6.61 Å². The Labute approximate surface area is 97.1 Å². The van der Waals surface area contributed by atoms with E-state index in [2.05, 4.69) is 19.3 Å². The van der Waals surface area contributed by atoms with Gasteiger partial charge in [-0.3, -0.25) is 11.3 Å². The Morgan fingerprint density at radius 1 is 1.50 bits per heavy atom. The Morgan fingerprint density at radius 2 is 2.25 bits per heavy atom. The van der Waals surface area contributed by atoms with Gasteiger partial charge >= 0.3 is 0 Å². The summed E-state index contributed by atoms with van der Waals surface area (Å²) >= 11 is 0. The molecule has 2 unspecified atom stereocenters. The lowest BCUT2D eigenvalue weighted by atomic mass is 9.95. The Hall–Kier alpha value is -0.840. The molecule has 3 N–H and O–H groups in total. The second kappa shape index (κ2) is 6.68. The first kappa shape index (κ1) is 13.2. The highest BCUT2D eigenvalue weighted by Gasteiger charge is 2.24. The largest absolute Gasteiger partial charge is 0.472 e. The van der Waals surface area contributed by atoms with E-state index in [1.54, 1.807) is 12.5 Å². The standard InChI is InChI=1S/C12H22N2O2/c1-4-16-12(9(2)3)11(14-13)7-10-5-6-15-8-10/h5-6,8-9,11-12,14H,4,7,13H2,1-3H3. The minimum absolute atomic E-state index is 0.109. The lowest BCUT2D eigenvalue weighted by Gasteiger charge is -2.29. The Kier molecular flexibility index (Phi) is 5.52. The minimum Gasteiger partial charge on any atom is -0.472 e. The average Bonchev–Trinajstić information content (AvgIpc) is 2.75. The van der Waals surface area contributed by atoms with Crippen molar-refractivity contribution in [1.29, 1.82) is 0 Å². The van der Waals surface area contributed by atoms with Gasteiger partial charge in [-0.25, -0.2) is 0 Å². The molecule has 0 saturated carbocycles. The van der Waals surface area contributed by atoms with Crippen LogP contribution in [-0.2, 0) is 11.2 Å². The van der Waals surface area contributed by atoms with Crippen molar-refractivity contribution in [2.45, 2.75) is 39.3 Å². The van der Waals surface area contributed by atoms with Crippen LogP contribution in [0, 0.1) is 5.92 Å². The van der Waals surface area contributed by atoms with Gasteiger partial charge in [-0.15, -0.1) is 0 Å². The van der Waals surface area contributed by atoms with Crippen LogP contribution in [-0.4, -0.2) is 18.8 Å². The predicted octanol–water partition coefficient (Wildman–Crippen LogP) is 1.72. The zero-order valence-corrected chi connectivity index (χ0v) is 10.3. The normalized spacial score (nSPS) is 15.3. The molecule has 1 heterocycles. The van der Waals surface area contributed by atoms with Crippen molar-refractivity contribution >= 4 is 0 Å². The highest BCUT2D eigenvalue weighted by Crippen LogP contribution is 2.15. The number of ether oxygens (including phenoxy) is 1. The van der Waals surface area contributed by atoms with E-state index in [0.717, 1.165) is 12.0 Å². The quantitative estimate of drug-likeness (QED) is 0.549. The van der Waals surface area contributed by atoms with Crippen molar-refractivity contribution in [3.8, 4) is 0 Å². The molecular weight excluding hydrogens is 204 g/mol. The summed E-state index contributed by atoms with van der Waals surface area (Å²) in [6, 6.07) is 2.06. The molecule has 0 aliphatic rings. The molecule has 1 aromatic rings. The van der Waals surface area contributed by atoms with E-state index in [1.807, 2.05) is 13.0 Å². The number of furan rings is 1. The van der Waals surface area contributed by atoms with Crippen LogP contribution in [0.2, 0.25) is 0 Å². The van der Waals surface area contributed by atoms with Crippen LogP contribution >= 0.6 is 0 Å². The van der Waals surface area contributed by atoms with E-state index in [9.17, 15) is 0 Å². The third kappa shape index (κ3) is 3.63. The summed E-state index contributed by atoms with van der Waals surface area (Å²) in [5, 5.41) is 0. The maximum absolute atomic E-state index is 5.73. The molecule has 1 aromatic heterocycles. The number of hydrogen-bond donors (Lipinski definition) is 2. The number of hydrazine groups is 1. The number of nitrogens with two attached hydrogens (primary N) is 1. The van der Waals surface area contributed by atoms with Crippen molar-refractivity contribution in [3.63, 3.8) is 0 Å². The van der Waals surface area contributed by atoms with Gasteiger partial charge in [0.05, 0.1) is 24.7 Å². The maximum atomic E-state index is 5.73. The van der Waals surface area contributed by atoms with Crippen molar-refractivity contribution < 1.29 is 9.15 Å². The second-order valence-electron chi connectivity index (χ2n) is 4.27. The van der Waals surface area contributed by atoms with Gasteiger partial charge in [0.15, 0.2) is 0 Å². The molecule has 0 amide bonds.